The van der Waals surface area contributed by atoms with Crippen LogP contribution in [0.3, 0.4) is 0 Å². The molecule has 103 heavy (non-hydrogen) atoms. The molecule has 2 aliphatic heterocycles. The van der Waals surface area contributed by atoms with Crippen molar-refractivity contribution in [1.82, 2.24) is 62.1 Å². The monoisotopic (exact) mass is 1440 g/mol. The van der Waals surface area contributed by atoms with Gasteiger partial charge in [-0.25, -0.2) is 9.59 Å². The maximum absolute atomic E-state index is 14.3. The van der Waals surface area contributed by atoms with Crippen molar-refractivity contribution in [2.45, 2.75) is 213 Å². The van der Waals surface area contributed by atoms with E-state index < -0.39 is 150 Å². The molecule has 0 radical (unpaired) electrons. The number of nitrogens with one attached hydrogen (secondary N) is 8. The lowest BCUT2D eigenvalue weighted by molar-refractivity contribution is -0.149. The second kappa shape index (κ2) is 36.9. The van der Waals surface area contributed by atoms with Crippen LogP contribution in [0.4, 0.5) is 9.59 Å². The van der Waals surface area contributed by atoms with E-state index in [1.54, 1.807) is 117 Å². The Morgan fingerprint density at radius 1 is 0.534 bits per heavy atom. The molecule has 0 spiro atoms. The van der Waals surface area contributed by atoms with Gasteiger partial charge in [-0.3, -0.25) is 57.5 Å². The van der Waals surface area contributed by atoms with Gasteiger partial charge < -0.3 is 76.7 Å². The zero-order valence-corrected chi connectivity index (χ0v) is 62.4. The fourth-order valence-corrected chi connectivity index (χ4v) is 13.1. The van der Waals surface area contributed by atoms with Gasteiger partial charge >= 0.3 is 12.2 Å². The Kier molecular flexibility index (Phi) is 29.7. The number of hydrogen-bond acceptors (Lipinski definition) is 17. The fraction of sp³-hybridized carbons (Fsp3) is 0.649. The van der Waals surface area contributed by atoms with Crippen LogP contribution in [0.1, 0.15) is 170 Å². The van der Waals surface area contributed by atoms with Crippen LogP contribution in [0.25, 0.3) is 0 Å². The predicted octanol–water partition coefficient (Wildman–Crippen LogP) is 3.52. The van der Waals surface area contributed by atoms with Gasteiger partial charge in [0.15, 0.2) is 0 Å². The van der Waals surface area contributed by atoms with Gasteiger partial charge in [0.05, 0.1) is 30.8 Å². The number of amides is 12. The minimum Gasteiger partial charge on any atom is -0.446 e. The molecular weight excluding hydrogens is 1330 g/mol. The van der Waals surface area contributed by atoms with Crippen LogP contribution in [-0.4, -0.2) is 216 Å². The molecule has 2 aromatic carbocycles. The average molecular weight is 1440 g/mol. The summed E-state index contributed by atoms with van der Waals surface area (Å²) in [5.74, 6) is -8.40. The Hall–Kier alpha value is -9.02. The minimum atomic E-state index is -1.53. The zero-order valence-electron chi connectivity index (χ0n) is 62.4. The number of rotatable bonds is 31. The molecule has 5 fully saturated rings. The number of benzene rings is 2. The molecule has 29 nitrogen and oxygen atoms in total. The number of Topliss-reactive ketones (excluding diaryl/α,β-unsaturated/α-hetero) is 2. The van der Waals surface area contributed by atoms with Crippen LogP contribution < -0.4 is 42.5 Å². The van der Waals surface area contributed by atoms with Crippen LogP contribution in [-0.2, 0) is 67.0 Å². The van der Waals surface area contributed by atoms with Gasteiger partial charge in [-0.15, -0.1) is 0 Å². The van der Waals surface area contributed by atoms with E-state index in [4.69, 9.17) is 9.47 Å². The molecule has 29 heteroatoms. The lowest BCUT2D eigenvalue weighted by Gasteiger charge is -2.41. The van der Waals surface area contributed by atoms with E-state index >= 15 is 0 Å². The maximum atomic E-state index is 14.3. The highest BCUT2D eigenvalue weighted by molar-refractivity contribution is 6.39. The Labute approximate surface area is 604 Å². The number of piperidine rings is 2. The molecule has 14 atom stereocenters. The summed E-state index contributed by atoms with van der Waals surface area (Å²) in [5, 5.41) is 32.3. The van der Waals surface area contributed by atoms with Crippen LogP contribution in [0.2, 0.25) is 0 Å². The van der Waals surface area contributed by atoms with Gasteiger partial charge in [0.1, 0.15) is 48.5 Å². The van der Waals surface area contributed by atoms with Crippen LogP contribution in [0, 0.1) is 40.9 Å². The van der Waals surface area contributed by atoms with Gasteiger partial charge in [0.2, 0.25) is 58.8 Å². The maximum Gasteiger partial charge on any atom is 0.408 e. The summed E-state index contributed by atoms with van der Waals surface area (Å²) in [6, 6.07) is 8.61. The summed E-state index contributed by atoms with van der Waals surface area (Å²) in [6.07, 6.45) is 3.03. The summed E-state index contributed by atoms with van der Waals surface area (Å²) < 4.78 is 10.9. The first-order valence-electron chi connectivity index (χ1n) is 36.1. The number of carbonyl (C=O) groups excluding carboxylic acids is 14. The largest absolute Gasteiger partial charge is 0.446 e. The third kappa shape index (κ3) is 22.5. The molecular formula is C74H110N12O17. The van der Waals surface area contributed by atoms with Crippen molar-refractivity contribution in [3.8, 4) is 0 Å². The number of ether oxygens (including phenoxy) is 2. The Balaban J connectivity index is 0.000000324. The lowest BCUT2D eigenvalue weighted by Crippen LogP contribution is -2.64. The van der Waals surface area contributed by atoms with Crippen molar-refractivity contribution in [1.29, 1.82) is 0 Å². The van der Waals surface area contributed by atoms with E-state index in [0.717, 1.165) is 12.8 Å². The van der Waals surface area contributed by atoms with Crippen molar-refractivity contribution >= 4 is 82.8 Å². The van der Waals surface area contributed by atoms with E-state index in [1.165, 1.54) is 19.6 Å². The second-order valence-electron chi connectivity index (χ2n) is 30.2. The zero-order chi connectivity index (χ0) is 76.5. The van der Waals surface area contributed by atoms with Crippen molar-refractivity contribution < 1.29 is 81.7 Å². The molecule has 3 aliphatic carbocycles. The van der Waals surface area contributed by atoms with Gasteiger partial charge in [0, 0.05) is 41.3 Å². The fourth-order valence-electron chi connectivity index (χ4n) is 13.1. The second-order valence-corrected chi connectivity index (χ2v) is 30.2. The quantitative estimate of drug-likeness (QED) is 0.0488. The topological polar surface area (TPSA) is 387 Å². The number of hydrogen-bond donors (Lipinski definition) is 9. The molecule has 2 saturated heterocycles. The number of nitrogens with zero attached hydrogens (tertiary/aromatic N) is 4. The van der Waals surface area contributed by atoms with E-state index in [1.807, 2.05) is 48.5 Å². The summed E-state index contributed by atoms with van der Waals surface area (Å²) in [7, 11) is 6.22. The highest BCUT2D eigenvalue weighted by atomic mass is 16.6. The standard InChI is InChI=1S/C38H56N6O9.C36H54N6O8/c1-7-14-27(31(46)34(48)39-20-28(45)41-29(35(49)43(5)6)24-15-10-8-11-16-24)40-33(47)30-26-19-25(26)21-44(30)36(50)32(38(52)17-12-9-13-18-38)42-37(51)53-23(4)22(2)3;1-10-14-25(29(44)32(46)37-18-26(43)39-27(33(47)41(8)9)22-15-12-11-13-16-22)38-31(45)28-24-17-23(24)19-42(28)34(48)30(36(5,6)7)40-35(49)50-21(4)20(2)3/h8,10-11,15-16,22-23,25-27,29-30,32,52H,7,9,12-14,17-21H2,1-6H3,(H,39,48)(H,40,47)(H,41,45)(H,42,51);11-13,15-16,20-21,23-25,27-28,30H,10,14,17-19H2,1-9H3,(H,37,46)(H,38,45)(H,39,43)(H,40,49)/t23-,25+,26+,27+,29+,30+,32-;21-,23+,24+,25+,27+,28+,30-/m11/s1. The van der Waals surface area contributed by atoms with Gasteiger partial charge in [-0.1, -0.05) is 155 Å². The Morgan fingerprint density at radius 3 is 1.27 bits per heavy atom. The molecule has 0 unspecified atom stereocenters. The third-order valence-corrected chi connectivity index (χ3v) is 19.9. The van der Waals surface area contributed by atoms with Gasteiger partial charge in [0.25, 0.3) is 11.8 Å². The molecule has 2 aromatic rings. The van der Waals surface area contributed by atoms with Crippen LogP contribution in [0.5, 0.6) is 0 Å². The Morgan fingerprint density at radius 2 is 0.913 bits per heavy atom. The molecule has 12 amide bonds. The van der Waals surface area contributed by atoms with Crippen molar-refractivity contribution in [3.05, 3.63) is 71.8 Å². The number of fused-ring (bicyclic) bond motifs is 2. The summed E-state index contributed by atoms with van der Waals surface area (Å²) in [5.41, 5.74) is -1.15. The first kappa shape index (κ1) is 82.9. The average Bonchev–Trinajstić information content (AvgIpc) is 1.59. The SMILES string of the molecule is CCC[C@H](NC(=O)[C@@H]1[C@H]2C[C@H]2CN1C(=O)[C@@H](NC(=O)O[C@H](C)C(C)C)C(C)(C)C)C(=O)C(=O)NCC(=O)N[C@H](C(=O)N(C)C)c1ccccc1.CCC[C@H](NC(=O)[C@@H]1[C@H]2C[C@H]2CN1C(=O)[C@@H](NC(=O)O[C@H](C)C(C)C)C1(O)CCCCC1)C(=O)C(=O)NCC(=O)N[C@H](C(=O)N(C)C)c1ccccc1. The van der Waals surface area contributed by atoms with Crippen molar-refractivity contribution in [3.63, 3.8) is 0 Å². The molecule has 3 saturated carbocycles. The molecule has 0 aromatic heterocycles. The number of alkyl carbamates (subject to hydrolysis) is 2. The molecule has 568 valence electrons. The highest BCUT2D eigenvalue weighted by Crippen LogP contribution is 2.51. The summed E-state index contributed by atoms with van der Waals surface area (Å²) >= 11 is 0. The normalized spacial score (nSPS) is 21.3. The van der Waals surface area contributed by atoms with Gasteiger partial charge in [-0.2, -0.15) is 0 Å². The van der Waals surface area contributed by atoms with E-state index in [9.17, 15) is 72.2 Å². The van der Waals surface area contributed by atoms with Crippen LogP contribution in [0.15, 0.2) is 60.7 Å². The lowest BCUT2D eigenvalue weighted by atomic mass is 9.78. The highest BCUT2D eigenvalue weighted by Gasteiger charge is 2.61. The first-order valence-corrected chi connectivity index (χ1v) is 36.1. The van der Waals surface area contributed by atoms with Gasteiger partial charge in [-0.05, 0) is 104 Å². The predicted molar refractivity (Wildman–Crippen MR) is 379 cm³/mol. The summed E-state index contributed by atoms with van der Waals surface area (Å²) in [4.78, 5) is 191. The van der Waals surface area contributed by atoms with E-state index in [2.05, 4.69) is 42.5 Å². The number of carbonyl (C=O) groups is 14. The first-order chi connectivity index (χ1) is 48.4. The smallest absolute Gasteiger partial charge is 0.408 e. The van der Waals surface area contributed by atoms with E-state index in [-0.39, 0.29) is 72.8 Å². The molecule has 9 N–H and O–H groups in total. The van der Waals surface area contributed by atoms with Crippen molar-refractivity contribution in [2.75, 3.05) is 54.4 Å². The number of likely N-dealkylation sites (N-methyl/N-ethyl adjacent to an activating group) is 2. The number of ketones is 2. The minimum absolute atomic E-state index is 0.0233. The van der Waals surface area contributed by atoms with Crippen LogP contribution >= 0.6 is 0 Å². The van der Waals surface area contributed by atoms with E-state index in [0.29, 0.717) is 62.6 Å². The molecule has 5 aliphatic rings. The molecule has 7 rings (SSSR count). The summed E-state index contributed by atoms with van der Waals surface area (Å²) in [6.45, 7) is 19.5. The molecule has 0 bridgehead atoms. The molecule has 2 heterocycles. The third-order valence-electron chi connectivity index (χ3n) is 19.9. The number of likely N-dealkylation sites (tertiary alicyclic amines) is 2. The Bertz CT molecular complexity index is 3370. The number of aliphatic hydroxyl groups is 1. The van der Waals surface area contributed by atoms with Crippen molar-refractivity contribution in [2.24, 2.45) is 40.9 Å².